The molecule has 1 unspecified atom stereocenters. The van der Waals surface area contributed by atoms with Gasteiger partial charge in [0.15, 0.2) is 0 Å². The first kappa shape index (κ1) is 18.5. The van der Waals surface area contributed by atoms with Crippen molar-refractivity contribution >= 4 is 5.71 Å². The van der Waals surface area contributed by atoms with Crippen LogP contribution in [0.3, 0.4) is 0 Å². The molecule has 0 bridgehead atoms. The number of nitrogens with zero attached hydrogens (tertiary/aromatic N) is 1. The lowest BCUT2D eigenvalue weighted by Crippen LogP contribution is -2.06. The fraction of sp³-hybridized carbons (Fsp3) is 0.941. The minimum atomic E-state index is 0.657. The van der Waals surface area contributed by atoms with Gasteiger partial charge in [0.2, 0.25) is 0 Å². The highest BCUT2D eigenvalue weighted by Gasteiger charge is 2.07. The van der Waals surface area contributed by atoms with Gasteiger partial charge in [0, 0.05) is 0 Å². The normalized spacial score (nSPS) is 13.7. The molecule has 114 valence electrons. The highest BCUT2D eigenvalue weighted by Crippen LogP contribution is 2.15. The molecule has 0 amide bonds. The summed E-state index contributed by atoms with van der Waals surface area (Å²) < 4.78 is 0. The van der Waals surface area contributed by atoms with Gasteiger partial charge in [-0.1, -0.05) is 83.7 Å². The fourth-order valence-corrected chi connectivity index (χ4v) is 2.65. The minimum absolute atomic E-state index is 0.657. The summed E-state index contributed by atoms with van der Waals surface area (Å²) in [6.45, 7) is 6.72. The Labute approximate surface area is 120 Å². The van der Waals surface area contributed by atoms with Crippen molar-refractivity contribution in [3.63, 3.8) is 0 Å². The molecular formula is C17H35NO. The van der Waals surface area contributed by atoms with Crippen LogP contribution in [0.2, 0.25) is 0 Å². The zero-order valence-corrected chi connectivity index (χ0v) is 13.5. The Morgan fingerprint density at radius 1 is 0.895 bits per heavy atom. The van der Waals surface area contributed by atoms with E-state index >= 15 is 0 Å². The third-order valence-electron chi connectivity index (χ3n) is 3.83. The van der Waals surface area contributed by atoms with E-state index in [9.17, 15) is 0 Å². The first-order chi connectivity index (χ1) is 9.24. The average molecular weight is 269 g/mol. The molecule has 0 radical (unpaired) electrons. The molecule has 0 saturated carbocycles. The summed E-state index contributed by atoms with van der Waals surface area (Å²) in [5, 5.41) is 12.5. The van der Waals surface area contributed by atoms with Gasteiger partial charge in [0.25, 0.3) is 0 Å². The Balaban J connectivity index is 3.46. The number of oxime groups is 1. The van der Waals surface area contributed by atoms with Gasteiger partial charge < -0.3 is 5.21 Å². The predicted octanol–water partition coefficient (Wildman–Crippen LogP) is 6.17. The smallest absolute Gasteiger partial charge is 0.0573 e. The van der Waals surface area contributed by atoms with Crippen LogP contribution in [0.4, 0.5) is 0 Å². The van der Waals surface area contributed by atoms with E-state index in [4.69, 9.17) is 5.21 Å². The molecule has 0 aliphatic carbocycles. The number of hydrogen-bond acceptors (Lipinski definition) is 2. The summed E-state index contributed by atoms with van der Waals surface area (Å²) in [6.07, 6.45) is 15.1. The van der Waals surface area contributed by atoms with Crippen molar-refractivity contribution < 1.29 is 5.21 Å². The van der Waals surface area contributed by atoms with E-state index in [1.807, 2.05) is 0 Å². The largest absolute Gasteiger partial charge is 0.411 e. The lowest BCUT2D eigenvalue weighted by molar-refractivity contribution is 0.314. The van der Waals surface area contributed by atoms with Crippen LogP contribution < -0.4 is 0 Å². The van der Waals surface area contributed by atoms with Gasteiger partial charge >= 0.3 is 0 Å². The van der Waals surface area contributed by atoms with Gasteiger partial charge in [-0.25, -0.2) is 0 Å². The average Bonchev–Trinajstić information content (AvgIpc) is 2.40. The number of hydrogen-bond donors (Lipinski definition) is 1. The summed E-state index contributed by atoms with van der Waals surface area (Å²) in [6, 6.07) is 0. The molecule has 0 aliphatic heterocycles. The second-order valence-corrected chi connectivity index (χ2v) is 5.99. The fourth-order valence-electron chi connectivity index (χ4n) is 2.65. The summed E-state index contributed by atoms with van der Waals surface area (Å²) in [4.78, 5) is 0. The molecule has 19 heavy (non-hydrogen) atoms. The van der Waals surface area contributed by atoms with Crippen LogP contribution in [-0.2, 0) is 0 Å². The van der Waals surface area contributed by atoms with Crippen LogP contribution in [0.15, 0.2) is 5.16 Å². The summed E-state index contributed by atoms with van der Waals surface area (Å²) >= 11 is 0. The highest BCUT2D eigenvalue weighted by atomic mass is 16.4. The van der Waals surface area contributed by atoms with E-state index < -0.39 is 0 Å². The van der Waals surface area contributed by atoms with Crippen molar-refractivity contribution in [3.8, 4) is 0 Å². The molecule has 0 aromatic carbocycles. The van der Waals surface area contributed by atoms with Gasteiger partial charge in [0.1, 0.15) is 0 Å². The van der Waals surface area contributed by atoms with E-state index in [0.29, 0.717) is 5.92 Å². The molecular weight excluding hydrogens is 234 g/mol. The Morgan fingerprint density at radius 3 is 2.00 bits per heavy atom. The third-order valence-corrected chi connectivity index (χ3v) is 3.83. The van der Waals surface area contributed by atoms with E-state index in [1.165, 1.54) is 64.2 Å². The Kier molecular flexibility index (Phi) is 13.5. The number of unbranched alkanes of at least 4 members (excludes halogenated alkanes) is 7. The van der Waals surface area contributed by atoms with Crippen LogP contribution >= 0.6 is 0 Å². The monoisotopic (exact) mass is 269 g/mol. The topological polar surface area (TPSA) is 32.6 Å². The van der Waals surface area contributed by atoms with Gasteiger partial charge in [-0.3, -0.25) is 0 Å². The molecule has 0 saturated heterocycles. The van der Waals surface area contributed by atoms with E-state index in [0.717, 1.165) is 18.6 Å². The molecule has 1 atom stereocenters. The predicted molar refractivity (Wildman–Crippen MR) is 85.1 cm³/mol. The zero-order valence-electron chi connectivity index (χ0n) is 13.5. The molecule has 2 heteroatoms. The SMILES string of the molecule is CCCCCCCCCCC(CC(C)CCC)=NO. The van der Waals surface area contributed by atoms with Crippen LogP contribution in [0.1, 0.15) is 97.8 Å². The van der Waals surface area contributed by atoms with Crippen LogP contribution in [0.25, 0.3) is 0 Å². The molecule has 0 aromatic heterocycles. The molecule has 0 aliphatic rings. The zero-order chi connectivity index (χ0) is 14.3. The summed E-state index contributed by atoms with van der Waals surface area (Å²) in [5.74, 6) is 0.657. The van der Waals surface area contributed by atoms with Crippen molar-refractivity contribution in [1.29, 1.82) is 0 Å². The van der Waals surface area contributed by atoms with Gasteiger partial charge in [-0.15, -0.1) is 0 Å². The minimum Gasteiger partial charge on any atom is -0.411 e. The summed E-state index contributed by atoms with van der Waals surface area (Å²) in [5.41, 5.74) is 1.01. The molecule has 0 rings (SSSR count). The van der Waals surface area contributed by atoms with Crippen LogP contribution in [0.5, 0.6) is 0 Å². The second kappa shape index (κ2) is 13.9. The standard InChI is InChI=1S/C17H35NO/c1-4-6-7-8-9-10-11-12-14-17(18-19)15-16(3)13-5-2/h16,19H,4-15H2,1-3H3. The Morgan fingerprint density at radius 2 is 1.47 bits per heavy atom. The molecule has 0 fully saturated rings. The molecule has 0 heterocycles. The van der Waals surface area contributed by atoms with Crippen molar-refractivity contribution in [2.24, 2.45) is 11.1 Å². The van der Waals surface area contributed by atoms with Crippen molar-refractivity contribution in [2.45, 2.75) is 97.8 Å². The maximum atomic E-state index is 9.03. The first-order valence-electron chi connectivity index (χ1n) is 8.44. The molecule has 0 spiro atoms. The van der Waals surface area contributed by atoms with Crippen molar-refractivity contribution in [2.75, 3.05) is 0 Å². The van der Waals surface area contributed by atoms with E-state index in [2.05, 4.69) is 25.9 Å². The first-order valence-corrected chi connectivity index (χ1v) is 8.44. The molecule has 1 N–H and O–H groups in total. The van der Waals surface area contributed by atoms with Crippen LogP contribution in [-0.4, -0.2) is 10.9 Å². The molecule has 0 aromatic rings. The van der Waals surface area contributed by atoms with E-state index in [-0.39, 0.29) is 0 Å². The molecule has 2 nitrogen and oxygen atoms in total. The Bertz CT molecular complexity index is 213. The second-order valence-electron chi connectivity index (χ2n) is 5.99. The van der Waals surface area contributed by atoms with Gasteiger partial charge in [-0.2, -0.15) is 0 Å². The summed E-state index contributed by atoms with van der Waals surface area (Å²) in [7, 11) is 0. The quantitative estimate of drug-likeness (QED) is 0.184. The number of rotatable bonds is 13. The maximum absolute atomic E-state index is 9.03. The maximum Gasteiger partial charge on any atom is 0.0573 e. The van der Waals surface area contributed by atoms with Crippen molar-refractivity contribution in [1.82, 2.24) is 0 Å². The Hall–Kier alpha value is -0.530. The highest BCUT2D eigenvalue weighted by molar-refractivity contribution is 5.84. The van der Waals surface area contributed by atoms with Gasteiger partial charge in [-0.05, 0) is 25.2 Å². The van der Waals surface area contributed by atoms with Gasteiger partial charge in [0.05, 0.1) is 5.71 Å². The van der Waals surface area contributed by atoms with Crippen molar-refractivity contribution in [3.05, 3.63) is 0 Å². The third kappa shape index (κ3) is 12.3. The van der Waals surface area contributed by atoms with E-state index in [1.54, 1.807) is 0 Å². The lowest BCUT2D eigenvalue weighted by atomic mass is 9.96. The van der Waals surface area contributed by atoms with Crippen LogP contribution in [0, 0.1) is 5.92 Å². The lowest BCUT2D eigenvalue weighted by Gasteiger charge is -2.11.